The molecular formula is C20H22Cl2FN5O2. The Bertz CT molecular complexity index is 1050. The summed E-state index contributed by atoms with van der Waals surface area (Å²) in [5.41, 5.74) is -0.497. The van der Waals surface area contributed by atoms with E-state index in [1.54, 1.807) is 0 Å². The second-order valence-corrected chi connectivity index (χ2v) is 10.0. The molecule has 10 heteroatoms. The van der Waals surface area contributed by atoms with Crippen LogP contribution in [0.2, 0.25) is 10.4 Å². The Morgan fingerprint density at radius 3 is 2.73 bits per heavy atom. The van der Waals surface area contributed by atoms with Crippen molar-refractivity contribution in [1.82, 2.24) is 19.9 Å². The summed E-state index contributed by atoms with van der Waals surface area (Å²) in [5.74, 6) is 0.844. The summed E-state index contributed by atoms with van der Waals surface area (Å²) >= 11 is 12.0. The largest absolute Gasteiger partial charge is 0.444 e. The topological polar surface area (TPSA) is 71.5 Å². The van der Waals surface area contributed by atoms with Crippen molar-refractivity contribution in [1.29, 1.82) is 0 Å². The molecule has 2 aromatic rings. The third-order valence-electron chi connectivity index (χ3n) is 6.17. The Balaban J connectivity index is 1.53. The van der Waals surface area contributed by atoms with Crippen LogP contribution in [0.25, 0.3) is 10.9 Å². The van der Waals surface area contributed by atoms with E-state index in [1.807, 2.05) is 25.7 Å². The van der Waals surface area contributed by atoms with Gasteiger partial charge in [-0.15, -0.1) is 0 Å². The molecule has 7 nitrogen and oxygen atoms in total. The predicted molar refractivity (Wildman–Crippen MR) is 111 cm³/mol. The second kappa shape index (κ2) is 6.79. The Morgan fingerprint density at radius 1 is 1.23 bits per heavy atom. The highest BCUT2D eigenvalue weighted by Crippen LogP contribution is 2.52. The van der Waals surface area contributed by atoms with Crippen LogP contribution in [0, 0.1) is 17.7 Å². The fourth-order valence-corrected chi connectivity index (χ4v) is 5.15. The molecule has 0 radical (unpaired) electrons. The van der Waals surface area contributed by atoms with Crippen LogP contribution in [0.1, 0.15) is 33.6 Å². The number of pyridine rings is 1. The number of amides is 1. The Hall–Kier alpha value is -1.93. The zero-order chi connectivity index (χ0) is 21.4. The van der Waals surface area contributed by atoms with Crippen LogP contribution in [0.15, 0.2) is 6.20 Å². The monoisotopic (exact) mass is 453 g/mol. The average molecular weight is 454 g/mol. The molecular weight excluding hydrogens is 432 g/mol. The van der Waals surface area contributed by atoms with Crippen molar-refractivity contribution in [2.45, 2.75) is 51.3 Å². The third kappa shape index (κ3) is 3.34. The van der Waals surface area contributed by atoms with E-state index in [0.29, 0.717) is 36.1 Å². The molecule has 3 aliphatic heterocycles. The maximum absolute atomic E-state index is 14.6. The first-order valence-electron chi connectivity index (χ1n) is 10.1. The lowest BCUT2D eigenvalue weighted by Gasteiger charge is -2.45. The standard InChI is InChI=1S/C20H22Cl2FN5O2/c1-20(2,3)30-19(29)28-7-10-4-9-5-11(9)13(28)8-27(10)17-12-6-24-16(21)14(23)15(12)25-18(22)26-17/h6,9-11,13H,4-5,7-8H2,1-3H3. The van der Waals surface area contributed by atoms with Gasteiger partial charge in [-0.05, 0) is 57.0 Å². The highest BCUT2D eigenvalue weighted by atomic mass is 35.5. The number of aromatic nitrogens is 3. The highest BCUT2D eigenvalue weighted by Gasteiger charge is 2.55. The van der Waals surface area contributed by atoms with Crippen molar-refractivity contribution < 1.29 is 13.9 Å². The van der Waals surface area contributed by atoms with Gasteiger partial charge in [0.15, 0.2) is 11.0 Å². The lowest BCUT2D eigenvalue weighted by Crippen LogP contribution is -2.60. The van der Waals surface area contributed by atoms with Crippen LogP contribution in [0.5, 0.6) is 0 Å². The van der Waals surface area contributed by atoms with E-state index in [9.17, 15) is 9.18 Å². The number of hydrogen-bond donors (Lipinski definition) is 0. The van der Waals surface area contributed by atoms with Gasteiger partial charge in [0.1, 0.15) is 16.9 Å². The lowest BCUT2D eigenvalue weighted by atomic mass is 10.0. The van der Waals surface area contributed by atoms with Gasteiger partial charge in [-0.2, -0.15) is 4.98 Å². The summed E-state index contributed by atoms with van der Waals surface area (Å²) in [6.45, 7) is 6.72. The number of ether oxygens (including phenoxy) is 1. The molecule has 4 fully saturated rings. The average Bonchev–Trinajstić information content (AvgIpc) is 3.43. The summed E-state index contributed by atoms with van der Waals surface area (Å²) < 4.78 is 20.2. The first kappa shape index (κ1) is 20.0. The van der Waals surface area contributed by atoms with E-state index in [-0.39, 0.29) is 34.1 Å². The van der Waals surface area contributed by atoms with E-state index >= 15 is 0 Å². The zero-order valence-electron chi connectivity index (χ0n) is 16.9. The van der Waals surface area contributed by atoms with Gasteiger partial charge in [-0.1, -0.05) is 11.6 Å². The summed E-state index contributed by atoms with van der Waals surface area (Å²) in [6, 6.07) is 0.0386. The molecule has 2 aromatic heterocycles. The minimum atomic E-state index is -0.710. The van der Waals surface area contributed by atoms with Crippen LogP contribution in [-0.4, -0.2) is 56.7 Å². The molecule has 5 heterocycles. The number of nitrogens with zero attached hydrogens (tertiary/aromatic N) is 5. The van der Waals surface area contributed by atoms with Gasteiger partial charge < -0.3 is 14.5 Å². The number of halogens is 3. The summed E-state index contributed by atoms with van der Waals surface area (Å²) in [4.78, 5) is 29.3. The SMILES string of the molecule is CC(C)(C)OC(=O)N1CC2CC3CC3C1CN2c1nc(Cl)nc2c(F)c(Cl)ncc12. The Morgan fingerprint density at radius 2 is 2.00 bits per heavy atom. The maximum atomic E-state index is 14.6. The van der Waals surface area contributed by atoms with Crippen molar-refractivity contribution >= 4 is 46.0 Å². The molecule has 1 aliphatic carbocycles. The molecule has 4 unspecified atom stereocenters. The predicted octanol–water partition coefficient (Wildman–Crippen LogP) is 4.30. The van der Waals surface area contributed by atoms with Gasteiger partial charge in [-0.25, -0.2) is 19.2 Å². The molecule has 30 heavy (non-hydrogen) atoms. The van der Waals surface area contributed by atoms with Crippen molar-refractivity contribution in [3.05, 3.63) is 22.5 Å². The second-order valence-electron chi connectivity index (χ2n) is 9.34. The molecule has 4 aliphatic rings. The molecule has 1 saturated carbocycles. The number of hydrogen-bond acceptors (Lipinski definition) is 6. The summed E-state index contributed by atoms with van der Waals surface area (Å²) in [7, 11) is 0. The number of piperazine rings is 1. The molecule has 1 amide bonds. The zero-order valence-corrected chi connectivity index (χ0v) is 18.4. The van der Waals surface area contributed by atoms with Gasteiger partial charge in [0.05, 0.1) is 11.4 Å². The Kier molecular flexibility index (Phi) is 4.52. The van der Waals surface area contributed by atoms with Gasteiger partial charge in [0, 0.05) is 25.3 Å². The smallest absolute Gasteiger partial charge is 0.410 e. The molecule has 4 atom stereocenters. The van der Waals surface area contributed by atoms with Crippen molar-refractivity contribution in [3.63, 3.8) is 0 Å². The number of fused-ring (bicyclic) bond motifs is 3. The quantitative estimate of drug-likeness (QED) is 0.473. The summed E-state index contributed by atoms with van der Waals surface area (Å²) in [5, 5.41) is 0.164. The van der Waals surface area contributed by atoms with Crippen LogP contribution >= 0.6 is 23.2 Å². The molecule has 0 spiro atoms. The van der Waals surface area contributed by atoms with Gasteiger partial charge in [0.25, 0.3) is 0 Å². The van der Waals surface area contributed by atoms with E-state index in [4.69, 9.17) is 27.9 Å². The minimum Gasteiger partial charge on any atom is -0.444 e. The molecule has 6 rings (SSSR count). The maximum Gasteiger partial charge on any atom is 0.410 e. The van der Waals surface area contributed by atoms with E-state index < -0.39 is 11.4 Å². The van der Waals surface area contributed by atoms with Gasteiger partial charge >= 0.3 is 6.09 Å². The van der Waals surface area contributed by atoms with E-state index in [1.165, 1.54) is 6.20 Å². The van der Waals surface area contributed by atoms with Crippen LogP contribution in [-0.2, 0) is 4.74 Å². The number of rotatable bonds is 1. The molecule has 0 N–H and O–H groups in total. The minimum absolute atomic E-state index is 0.0116. The van der Waals surface area contributed by atoms with Gasteiger partial charge in [-0.3, -0.25) is 0 Å². The van der Waals surface area contributed by atoms with Crippen LogP contribution < -0.4 is 4.90 Å². The van der Waals surface area contributed by atoms with Crippen LogP contribution in [0.4, 0.5) is 15.0 Å². The number of anilines is 1. The van der Waals surface area contributed by atoms with E-state index in [2.05, 4.69) is 19.9 Å². The van der Waals surface area contributed by atoms with Crippen molar-refractivity contribution in [2.24, 2.45) is 11.8 Å². The van der Waals surface area contributed by atoms with Crippen molar-refractivity contribution in [3.8, 4) is 0 Å². The molecule has 2 bridgehead atoms. The third-order valence-corrected chi connectivity index (χ3v) is 6.61. The first-order valence-corrected chi connectivity index (χ1v) is 10.8. The number of carbonyl (C=O) groups excluding carboxylic acids is 1. The van der Waals surface area contributed by atoms with Crippen LogP contribution in [0.3, 0.4) is 0 Å². The fraction of sp³-hybridized carbons (Fsp3) is 0.600. The molecule has 160 valence electrons. The highest BCUT2D eigenvalue weighted by molar-refractivity contribution is 6.30. The fourth-order valence-electron chi connectivity index (χ4n) is 4.84. The van der Waals surface area contributed by atoms with E-state index in [0.717, 1.165) is 12.8 Å². The lowest BCUT2D eigenvalue weighted by molar-refractivity contribution is 0.00984. The molecule has 0 aromatic carbocycles. The summed E-state index contributed by atoms with van der Waals surface area (Å²) in [6.07, 6.45) is 3.25. The normalized spacial score (nSPS) is 27.8. The van der Waals surface area contributed by atoms with Crippen molar-refractivity contribution in [2.75, 3.05) is 18.0 Å². The first-order chi connectivity index (χ1) is 14.1. The number of carbonyl (C=O) groups is 1. The van der Waals surface area contributed by atoms with Gasteiger partial charge in [0.2, 0.25) is 5.28 Å². The molecule has 3 saturated heterocycles. The Labute approximate surface area is 183 Å².